The predicted molar refractivity (Wildman–Crippen MR) is 73.9 cm³/mol. The molecule has 2 rings (SSSR count). The van der Waals surface area contributed by atoms with Crippen molar-refractivity contribution in [1.29, 1.82) is 0 Å². The van der Waals surface area contributed by atoms with E-state index in [0.717, 1.165) is 17.4 Å². The van der Waals surface area contributed by atoms with E-state index in [9.17, 15) is 9.35 Å². The first kappa shape index (κ1) is 13.6. The molecule has 19 heavy (non-hydrogen) atoms. The van der Waals surface area contributed by atoms with E-state index in [1.54, 1.807) is 30.7 Å². The van der Waals surface area contributed by atoms with Crippen molar-refractivity contribution in [2.45, 2.75) is 5.03 Å². The molecule has 0 fully saturated rings. The largest absolute Gasteiger partial charge is 0.610 e. The first-order chi connectivity index (χ1) is 9.15. The van der Waals surface area contributed by atoms with Crippen molar-refractivity contribution in [3.63, 3.8) is 0 Å². The number of methoxy groups -OCH3 is 1. The number of benzene rings is 1. The number of rotatable bonds is 4. The quantitative estimate of drug-likeness (QED) is 0.634. The molecule has 0 aliphatic carbocycles. The lowest BCUT2D eigenvalue weighted by molar-refractivity contribution is 0.112. The average molecular weight is 275 g/mol. The summed E-state index contributed by atoms with van der Waals surface area (Å²) in [5, 5.41) is 0.427. The molecule has 1 atom stereocenters. The number of nitrogens with zero attached hydrogens (tertiary/aromatic N) is 1. The monoisotopic (exact) mass is 275 g/mol. The molecular weight excluding hydrogens is 262 g/mol. The van der Waals surface area contributed by atoms with Crippen LogP contribution in [0.4, 0.5) is 0 Å². The van der Waals surface area contributed by atoms with Crippen LogP contribution in [0.1, 0.15) is 10.4 Å². The summed E-state index contributed by atoms with van der Waals surface area (Å²) in [6.07, 6.45) is 4.00. The zero-order valence-electron chi connectivity index (χ0n) is 10.6. The van der Waals surface area contributed by atoms with Gasteiger partial charge in [-0.2, -0.15) is 0 Å². The van der Waals surface area contributed by atoms with Crippen LogP contribution in [-0.2, 0) is 11.2 Å². The Hall–Kier alpha value is -1.85. The summed E-state index contributed by atoms with van der Waals surface area (Å²) in [7, 11) is 1.52. The van der Waals surface area contributed by atoms with E-state index in [-0.39, 0.29) is 0 Å². The van der Waals surface area contributed by atoms with Gasteiger partial charge in [0.25, 0.3) is 5.03 Å². The van der Waals surface area contributed by atoms with Crippen molar-refractivity contribution >= 4 is 17.5 Å². The highest BCUT2D eigenvalue weighted by Crippen LogP contribution is 2.28. The fraction of sp³-hybridized carbons (Fsp3) is 0.143. The Kier molecular flexibility index (Phi) is 4.19. The topological polar surface area (TPSA) is 62.2 Å². The molecule has 0 aliphatic heterocycles. The van der Waals surface area contributed by atoms with Crippen LogP contribution in [0.25, 0.3) is 11.1 Å². The van der Waals surface area contributed by atoms with Gasteiger partial charge in [-0.15, -0.1) is 0 Å². The molecule has 5 heteroatoms. The normalized spacial score (nSPS) is 11.9. The van der Waals surface area contributed by atoms with Crippen molar-refractivity contribution < 1.29 is 14.1 Å². The number of aldehydes is 1. The molecular formula is C14H13NO3S. The van der Waals surface area contributed by atoms with Gasteiger partial charge in [0.05, 0.1) is 7.11 Å². The van der Waals surface area contributed by atoms with Gasteiger partial charge >= 0.3 is 0 Å². The molecule has 1 heterocycles. The van der Waals surface area contributed by atoms with Crippen molar-refractivity contribution in [3.05, 3.63) is 42.1 Å². The third-order valence-electron chi connectivity index (χ3n) is 2.69. The van der Waals surface area contributed by atoms with Crippen LogP contribution in [0.3, 0.4) is 0 Å². The van der Waals surface area contributed by atoms with Gasteiger partial charge in [-0.25, -0.2) is 4.98 Å². The van der Waals surface area contributed by atoms with Crippen LogP contribution < -0.4 is 4.74 Å². The van der Waals surface area contributed by atoms with E-state index in [0.29, 0.717) is 16.3 Å². The second-order valence-electron chi connectivity index (χ2n) is 3.93. The molecule has 0 bridgehead atoms. The third kappa shape index (κ3) is 2.94. The molecule has 0 spiro atoms. The smallest absolute Gasteiger partial charge is 0.286 e. The highest BCUT2D eigenvalue weighted by molar-refractivity contribution is 7.90. The van der Waals surface area contributed by atoms with Gasteiger partial charge < -0.3 is 9.29 Å². The molecule has 0 N–H and O–H groups in total. The molecule has 1 aromatic heterocycles. The van der Waals surface area contributed by atoms with Crippen LogP contribution in [-0.4, -0.2) is 29.2 Å². The summed E-state index contributed by atoms with van der Waals surface area (Å²) in [4.78, 5) is 14.8. The third-order valence-corrected chi connectivity index (χ3v) is 3.54. The van der Waals surface area contributed by atoms with Gasteiger partial charge in [-0.1, -0.05) is 24.3 Å². The van der Waals surface area contributed by atoms with Crippen LogP contribution in [0.5, 0.6) is 5.75 Å². The van der Waals surface area contributed by atoms with Gasteiger partial charge in [-0.3, -0.25) is 4.79 Å². The van der Waals surface area contributed by atoms with Gasteiger partial charge in [0.1, 0.15) is 12.5 Å². The molecule has 0 saturated carbocycles. The number of hydrogen-bond donors (Lipinski definition) is 0. The lowest BCUT2D eigenvalue weighted by Gasteiger charge is -2.10. The fourth-order valence-corrected chi connectivity index (χ4v) is 2.33. The molecule has 0 radical (unpaired) electrons. The first-order valence-electron chi connectivity index (χ1n) is 5.58. The highest BCUT2D eigenvalue weighted by atomic mass is 32.2. The average Bonchev–Trinajstić information content (AvgIpc) is 2.46. The number of aromatic nitrogens is 1. The van der Waals surface area contributed by atoms with Crippen LogP contribution in [0.2, 0.25) is 0 Å². The summed E-state index contributed by atoms with van der Waals surface area (Å²) < 4.78 is 16.7. The van der Waals surface area contributed by atoms with E-state index in [2.05, 4.69) is 4.98 Å². The Morgan fingerprint density at radius 3 is 2.47 bits per heavy atom. The molecule has 0 aliphatic rings. The Bertz CT molecular complexity index is 582. The maximum absolute atomic E-state index is 11.5. The van der Waals surface area contributed by atoms with E-state index < -0.39 is 11.2 Å². The molecule has 1 unspecified atom stereocenters. The Morgan fingerprint density at radius 2 is 1.95 bits per heavy atom. The highest BCUT2D eigenvalue weighted by Gasteiger charge is 2.15. The second kappa shape index (κ2) is 5.86. The summed E-state index contributed by atoms with van der Waals surface area (Å²) in [6, 6.07) is 8.94. The fourth-order valence-electron chi connectivity index (χ4n) is 1.71. The SMILES string of the molecule is COc1cc(-c2ccc(C=O)cc2)cnc1[S+](C)[O-]. The lowest BCUT2D eigenvalue weighted by atomic mass is 10.1. The van der Waals surface area contributed by atoms with Gasteiger partial charge in [-0.05, 0) is 11.6 Å². The van der Waals surface area contributed by atoms with E-state index in [4.69, 9.17) is 4.74 Å². The summed E-state index contributed by atoms with van der Waals surface area (Å²) in [6.45, 7) is 0. The second-order valence-corrected chi connectivity index (χ2v) is 5.22. The lowest BCUT2D eigenvalue weighted by Crippen LogP contribution is -2.03. The number of ether oxygens (including phenoxy) is 1. The molecule has 1 aromatic carbocycles. The number of pyridine rings is 1. The Balaban J connectivity index is 2.42. The predicted octanol–water partition coefficient (Wildman–Crippen LogP) is 2.31. The summed E-state index contributed by atoms with van der Waals surface area (Å²) in [5.41, 5.74) is 2.39. The molecule has 2 aromatic rings. The maximum atomic E-state index is 11.5. The minimum atomic E-state index is -1.19. The maximum Gasteiger partial charge on any atom is 0.286 e. The number of carbonyl (C=O) groups is 1. The van der Waals surface area contributed by atoms with Crippen LogP contribution >= 0.6 is 0 Å². The van der Waals surface area contributed by atoms with E-state index in [1.165, 1.54) is 7.11 Å². The van der Waals surface area contributed by atoms with Crippen molar-refractivity contribution in [2.75, 3.05) is 13.4 Å². The number of carbonyl (C=O) groups excluding carboxylic acids is 1. The Morgan fingerprint density at radius 1 is 1.26 bits per heavy atom. The Labute approximate surface area is 114 Å². The molecule has 4 nitrogen and oxygen atoms in total. The van der Waals surface area contributed by atoms with Crippen LogP contribution in [0.15, 0.2) is 41.6 Å². The minimum Gasteiger partial charge on any atom is -0.610 e. The van der Waals surface area contributed by atoms with Gasteiger partial charge in [0.15, 0.2) is 5.75 Å². The zero-order valence-corrected chi connectivity index (χ0v) is 11.4. The van der Waals surface area contributed by atoms with Crippen LogP contribution in [0, 0.1) is 0 Å². The zero-order chi connectivity index (χ0) is 13.8. The summed E-state index contributed by atoms with van der Waals surface area (Å²) >= 11 is -1.19. The van der Waals surface area contributed by atoms with Gasteiger partial charge in [0.2, 0.25) is 0 Å². The van der Waals surface area contributed by atoms with E-state index >= 15 is 0 Å². The minimum absolute atomic E-state index is 0.427. The number of hydrogen-bond acceptors (Lipinski definition) is 4. The van der Waals surface area contributed by atoms with Gasteiger partial charge in [0, 0.05) is 28.5 Å². The first-order valence-corrected chi connectivity index (χ1v) is 7.14. The molecule has 0 saturated heterocycles. The molecule has 0 amide bonds. The van der Waals surface area contributed by atoms with Crippen molar-refractivity contribution in [3.8, 4) is 16.9 Å². The van der Waals surface area contributed by atoms with E-state index in [1.807, 2.05) is 12.1 Å². The summed E-state index contributed by atoms with van der Waals surface area (Å²) in [5.74, 6) is 0.498. The standard InChI is InChI=1S/C14H13NO3S/c1-18-13-7-12(8-15-14(13)19(2)17)11-5-3-10(9-16)4-6-11/h3-9H,1-2H3. The van der Waals surface area contributed by atoms with Crippen molar-refractivity contribution in [2.24, 2.45) is 0 Å². The van der Waals surface area contributed by atoms with Crippen molar-refractivity contribution in [1.82, 2.24) is 4.98 Å². The molecule has 98 valence electrons.